The highest BCUT2D eigenvalue weighted by Gasteiger charge is 2.18. The number of hydrogen-bond acceptors (Lipinski definition) is 5. The highest BCUT2D eigenvalue weighted by molar-refractivity contribution is 5.96. The molecule has 0 spiro atoms. The number of carbonyl (C=O) groups excluding carboxylic acids is 1. The van der Waals surface area contributed by atoms with Crippen LogP contribution in [0.25, 0.3) is 16.7 Å². The Morgan fingerprint density at radius 2 is 1.93 bits per heavy atom. The van der Waals surface area contributed by atoms with E-state index in [2.05, 4.69) is 20.4 Å². The molecule has 1 atom stereocenters. The number of carbonyl (C=O) groups is 1. The molecule has 2 N–H and O–H groups in total. The number of nitrogens with one attached hydrogen (secondary N) is 2. The molecule has 0 aliphatic rings. The van der Waals surface area contributed by atoms with Crippen LogP contribution < -0.4 is 15.6 Å². The van der Waals surface area contributed by atoms with Gasteiger partial charge in [0.2, 0.25) is 0 Å². The lowest BCUT2D eigenvalue weighted by Crippen LogP contribution is -2.30. The maximum absolute atomic E-state index is 12.7. The third kappa shape index (κ3) is 3.73. The molecule has 1 amide bonds. The second-order valence-corrected chi connectivity index (χ2v) is 6.60. The second-order valence-electron chi connectivity index (χ2n) is 6.60. The van der Waals surface area contributed by atoms with Gasteiger partial charge in [0, 0.05) is 0 Å². The van der Waals surface area contributed by atoms with Crippen molar-refractivity contribution >= 4 is 22.6 Å². The van der Waals surface area contributed by atoms with Gasteiger partial charge in [-0.05, 0) is 38.1 Å². The number of hydrogen-bond donors (Lipinski definition) is 2. The Balaban J connectivity index is 1.59. The molecule has 0 saturated carbocycles. The average Bonchev–Trinajstić information content (AvgIpc) is 3.15. The topological polar surface area (TPSA) is 102 Å². The summed E-state index contributed by atoms with van der Waals surface area (Å²) < 4.78 is 7.25. The van der Waals surface area contributed by atoms with Gasteiger partial charge < -0.3 is 15.0 Å². The number of para-hydroxylation sites is 2. The number of amides is 1. The molecule has 0 aliphatic carbocycles. The number of aromatic nitrogens is 4. The lowest BCUT2D eigenvalue weighted by Gasteiger charge is -2.16. The first-order valence-electron chi connectivity index (χ1n) is 9.08. The Hall–Kier alpha value is -3.94. The van der Waals surface area contributed by atoms with Crippen LogP contribution >= 0.6 is 0 Å². The number of H-pyrrole nitrogens is 1. The lowest BCUT2D eigenvalue weighted by molar-refractivity contribution is -0.122. The summed E-state index contributed by atoms with van der Waals surface area (Å²) in [5.41, 5.74) is 2.37. The van der Waals surface area contributed by atoms with Crippen molar-refractivity contribution in [1.82, 2.24) is 19.7 Å². The molecule has 1 unspecified atom stereocenters. The van der Waals surface area contributed by atoms with E-state index >= 15 is 0 Å². The van der Waals surface area contributed by atoms with Gasteiger partial charge in [-0.25, -0.2) is 9.67 Å². The van der Waals surface area contributed by atoms with E-state index in [1.54, 1.807) is 25.1 Å². The number of anilines is 1. The van der Waals surface area contributed by atoms with Crippen LogP contribution in [-0.4, -0.2) is 31.8 Å². The first-order valence-corrected chi connectivity index (χ1v) is 9.08. The van der Waals surface area contributed by atoms with Gasteiger partial charge in [-0.1, -0.05) is 29.8 Å². The van der Waals surface area contributed by atoms with Crippen molar-refractivity contribution in [2.24, 2.45) is 0 Å². The summed E-state index contributed by atoms with van der Waals surface area (Å²) >= 11 is 0. The number of nitrogens with zero attached hydrogens (tertiary/aromatic N) is 3. The Labute approximate surface area is 166 Å². The monoisotopic (exact) mass is 389 g/mol. The molecule has 0 aliphatic heterocycles. The van der Waals surface area contributed by atoms with Crippen LogP contribution in [0.15, 0.2) is 65.8 Å². The van der Waals surface area contributed by atoms with Crippen LogP contribution in [0.2, 0.25) is 0 Å². The van der Waals surface area contributed by atoms with Crippen LogP contribution in [0.1, 0.15) is 12.5 Å². The predicted octanol–water partition coefficient (Wildman–Crippen LogP) is 2.82. The van der Waals surface area contributed by atoms with E-state index in [-0.39, 0.29) is 11.5 Å². The first kappa shape index (κ1) is 18.4. The van der Waals surface area contributed by atoms with Crippen LogP contribution in [0, 0.1) is 6.92 Å². The number of aromatic amines is 1. The van der Waals surface area contributed by atoms with E-state index < -0.39 is 6.10 Å². The largest absolute Gasteiger partial charge is 0.481 e. The normalized spacial score (nSPS) is 11.9. The highest BCUT2D eigenvalue weighted by Crippen LogP contribution is 2.23. The van der Waals surface area contributed by atoms with Crippen molar-refractivity contribution < 1.29 is 9.53 Å². The van der Waals surface area contributed by atoms with E-state index in [1.807, 2.05) is 37.3 Å². The van der Waals surface area contributed by atoms with Gasteiger partial charge in [-0.3, -0.25) is 9.59 Å². The van der Waals surface area contributed by atoms with Crippen molar-refractivity contribution in [2.75, 3.05) is 5.32 Å². The van der Waals surface area contributed by atoms with Gasteiger partial charge in [-0.15, -0.1) is 0 Å². The molecule has 4 rings (SSSR count). The average molecular weight is 389 g/mol. The molecule has 8 heteroatoms. The summed E-state index contributed by atoms with van der Waals surface area (Å²) in [7, 11) is 0. The third-order valence-electron chi connectivity index (χ3n) is 4.46. The highest BCUT2D eigenvalue weighted by atomic mass is 16.5. The van der Waals surface area contributed by atoms with Crippen LogP contribution in [-0.2, 0) is 4.79 Å². The summed E-state index contributed by atoms with van der Waals surface area (Å²) in [5, 5.41) is 7.50. The van der Waals surface area contributed by atoms with Crippen LogP contribution in [0.3, 0.4) is 0 Å². The number of aryl methyl sites for hydroxylation is 1. The zero-order valence-electron chi connectivity index (χ0n) is 15.9. The van der Waals surface area contributed by atoms with Crippen LogP contribution in [0.4, 0.5) is 5.69 Å². The number of ether oxygens (including phenoxy) is 1. The van der Waals surface area contributed by atoms with Gasteiger partial charge in [0.05, 0.1) is 23.9 Å². The summed E-state index contributed by atoms with van der Waals surface area (Å²) in [5.74, 6) is 0.313. The summed E-state index contributed by atoms with van der Waals surface area (Å²) in [6.45, 7) is 3.67. The fraction of sp³-hybridized carbons (Fsp3) is 0.143. The Morgan fingerprint density at radius 1 is 1.17 bits per heavy atom. The summed E-state index contributed by atoms with van der Waals surface area (Å²) in [4.78, 5) is 31.3. The van der Waals surface area contributed by atoms with E-state index in [4.69, 9.17) is 4.74 Å². The molecule has 0 radical (unpaired) electrons. The second kappa shape index (κ2) is 7.59. The maximum Gasteiger partial charge on any atom is 0.265 e. The molecule has 4 aromatic rings. The Kier molecular flexibility index (Phi) is 4.82. The minimum absolute atomic E-state index is 0.275. The quantitative estimate of drug-likeness (QED) is 0.546. The number of rotatable bonds is 5. The fourth-order valence-electron chi connectivity index (χ4n) is 2.91. The van der Waals surface area contributed by atoms with E-state index in [1.165, 1.54) is 17.2 Å². The smallest absolute Gasteiger partial charge is 0.265 e. The van der Waals surface area contributed by atoms with Gasteiger partial charge in [0.1, 0.15) is 11.1 Å². The molecule has 2 aromatic heterocycles. The molecule has 0 fully saturated rings. The van der Waals surface area contributed by atoms with Crippen molar-refractivity contribution in [3.63, 3.8) is 0 Å². The molecular formula is C21H19N5O3. The fourth-order valence-corrected chi connectivity index (χ4v) is 2.91. The minimum atomic E-state index is -0.707. The number of benzene rings is 2. The molecule has 2 aromatic carbocycles. The summed E-state index contributed by atoms with van der Waals surface area (Å²) in [6, 6.07) is 14.7. The van der Waals surface area contributed by atoms with Gasteiger partial charge >= 0.3 is 0 Å². The van der Waals surface area contributed by atoms with E-state index in [0.29, 0.717) is 28.2 Å². The van der Waals surface area contributed by atoms with Crippen molar-refractivity contribution in [3.05, 3.63) is 77.0 Å². The Morgan fingerprint density at radius 3 is 2.72 bits per heavy atom. The zero-order valence-corrected chi connectivity index (χ0v) is 15.9. The van der Waals surface area contributed by atoms with Crippen LogP contribution in [0.5, 0.6) is 5.75 Å². The van der Waals surface area contributed by atoms with E-state index in [0.717, 1.165) is 5.56 Å². The van der Waals surface area contributed by atoms with Gasteiger partial charge in [0.25, 0.3) is 11.5 Å². The number of fused-ring (bicyclic) bond motifs is 1. The van der Waals surface area contributed by atoms with E-state index in [9.17, 15) is 9.59 Å². The predicted molar refractivity (Wildman–Crippen MR) is 109 cm³/mol. The molecular weight excluding hydrogens is 370 g/mol. The SMILES string of the molecule is Cc1ccc(OC(C)C(=O)Nc2ccccc2-n2ncc3c(=O)[nH]cnc32)cc1. The standard InChI is InChI=1S/C21H19N5O3/c1-13-7-9-15(10-8-13)29-14(2)20(27)25-17-5-3-4-6-18(17)26-19-16(11-24-26)21(28)23-12-22-19/h3-12,14H,1-2H3,(H,25,27)(H,22,23,28). The third-order valence-corrected chi connectivity index (χ3v) is 4.46. The molecule has 146 valence electrons. The molecule has 0 bridgehead atoms. The molecule has 29 heavy (non-hydrogen) atoms. The summed E-state index contributed by atoms with van der Waals surface area (Å²) in [6.07, 6.45) is 2.06. The molecule has 8 nitrogen and oxygen atoms in total. The molecule has 0 saturated heterocycles. The maximum atomic E-state index is 12.7. The van der Waals surface area contributed by atoms with Gasteiger partial charge in [0.15, 0.2) is 11.8 Å². The zero-order chi connectivity index (χ0) is 20.4. The first-order chi connectivity index (χ1) is 14.0. The van der Waals surface area contributed by atoms with Crippen molar-refractivity contribution in [2.45, 2.75) is 20.0 Å². The Bertz CT molecular complexity index is 1230. The molecule has 2 heterocycles. The van der Waals surface area contributed by atoms with Crippen molar-refractivity contribution in [1.29, 1.82) is 0 Å². The minimum Gasteiger partial charge on any atom is -0.481 e. The van der Waals surface area contributed by atoms with Crippen molar-refractivity contribution in [3.8, 4) is 11.4 Å². The lowest BCUT2D eigenvalue weighted by atomic mass is 10.2. The van der Waals surface area contributed by atoms with Gasteiger partial charge in [-0.2, -0.15) is 5.10 Å².